The third kappa shape index (κ3) is 4.65. The number of aromatic hydroxyl groups is 1. The number of nitrogens with one attached hydrogen (secondary N) is 1. The van der Waals surface area contributed by atoms with Crippen molar-refractivity contribution in [3.05, 3.63) is 29.3 Å². The summed E-state index contributed by atoms with van der Waals surface area (Å²) in [4.78, 5) is 11.8. The first-order valence-electron chi connectivity index (χ1n) is 5.79. The van der Waals surface area contributed by atoms with Gasteiger partial charge in [-0.1, -0.05) is 18.1 Å². The Bertz CT molecular complexity index is 380. The Morgan fingerprint density at radius 1 is 1.35 bits per heavy atom. The summed E-state index contributed by atoms with van der Waals surface area (Å²) in [5.74, 6) is 0.456. The Morgan fingerprint density at radius 3 is 2.82 bits per heavy atom. The number of phenolic OH excluding ortho intramolecular Hbond substituents is 1. The summed E-state index contributed by atoms with van der Waals surface area (Å²) in [5, 5.41) is 12.4. The molecule has 2 N–H and O–H groups in total. The van der Waals surface area contributed by atoms with E-state index in [-0.39, 0.29) is 11.7 Å². The lowest BCUT2D eigenvalue weighted by molar-refractivity contribution is 0.0950. The molecule has 1 rings (SSSR count). The van der Waals surface area contributed by atoms with Gasteiger partial charge >= 0.3 is 0 Å². The van der Waals surface area contributed by atoms with Gasteiger partial charge in [-0.2, -0.15) is 0 Å². The van der Waals surface area contributed by atoms with E-state index in [1.165, 1.54) is 6.07 Å². The summed E-state index contributed by atoms with van der Waals surface area (Å²) >= 11 is 5.56. The van der Waals surface area contributed by atoms with Crippen LogP contribution < -0.4 is 5.32 Å². The van der Waals surface area contributed by atoms with Crippen molar-refractivity contribution in [1.29, 1.82) is 0 Å². The molecule has 1 amide bonds. The van der Waals surface area contributed by atoms with E-state index >= 15 is 0 Å². The Labute approximate surface area is 107 Å². The van der Waals surface area contributed by atoms with Crippen molar-refractivity contribution in [1.82, 2.24) is 5.32 Å². The van der Waals surface area contributed by atoms with Crippen LogP contribution in [0.1, 0.15) is 35.2 Å². The molecule has 0 unspecified atom stereocenters. The van der Waals surface area contributed by atoms with Crippen molar-refractivity contribution in [2.24, 2.45) is 0 Å². The van der Waals surface area contributed by atoms with E-state index in [4.69, 9.17) is 11.6 Å². The van der Waals surface area contributed by atoms with Crippen molar-refractivity contribution in [2.75, 3.05) is 12.4 Å². The second-order valence-electron chi connectivity index (χ2n) is 4.03. The van der Waals surface area contributed by atoms with E-state index in [0.717, 1.165) is 24.8 Å². The van der Waals surface area contributed by atoms with Crippen LogP contribution in [0.3, 0.4) is 0 Å². The standard InChI is InChI=1S/C13H18ClNO2/c1-10-5-6-12(16)11(9-10)13(17)15-8-4-2-3-7-14/h5-6,9,16H,2-4,7-8H2,1H3,(H,15,17). The molecule has 17 heavy (non-hydrogen) atoms. The van der Waals surface area contributed by atoms with Gasteiger partial charge in [0, 0.05) is 12.4 Å². The zero-order valence-corrected chi connectivity index (χ0v) is 10.8. The van der Waals surface area contributed by atoms with E-state index in [2.05, 4.69) is 5.32 Å². The van der Waals surface area contributed by atoms with Gasteiger partial charge in [-0.25, -0.2) is 0 Å². The van der Waals surface area contributed by atoms with Gasteiger partial charge in [0.05, 0.1) is 5.56 Å². The molecule has 0 spiro atoms. The summed E-state index contributed by atoms with van der Waals surface area (Å²) in [6.07, 6.45) is 2.88. The molecule has 0 aliphatic rings. The molecule has 0 atom stereocenters. The van der Waals surface area contributed by atoms with Gasteiger partial charge in [-0.05, 0) is 31.9 Å². The molecule has 0 saturated carbocycles. The van der Waals surface area contributed by atoms with E-state index in [1.807, 2.05) is 6.92 Å². The second kappa shape index (κ2) is 7.17. The summed E-state index contributed by atoms with van der Waals surface area (Å²) in [6, 6.07) is 4.99. The number of aryl methyl sites for hydroxylation is 1. The Hall–Kier alpha value is -1.22. The molecular weight excluding hydrogens is 238 g/mol. The average Bonchev–Trinajstić information content (AvgIpc) is 2.32. The maximum atomic E-state index is 11.8. The van der Waals surface area contributed by atoms with Crippen molar-refractivity contribution < 1.29 is 9.90 Å². The highest BCUT2D eigenvalue weighted by Crippen LogP contribution is 2.17. The molecule has 0 aromatic heterocycles. The Kier molecular flexibility index (Phi) is 5.84. The number of hydrogen-bond acceptors (Lipinski definition) is 2. The lowest BCUT2D eigenvalue weighted by Crippen LogP contribution is -2.24. The number of unbranched alkanes of at least 4 members (excludes halogenated alkanes) is 2. The molecule has 1 aromatic rings. The number of halogens is 1. The van der Waals surface area contributed by atoms with Crippen molar-refractivity contribution in [3.63, 3.8) is 0 Å². The molecule has 0 radical (unpaired) electrons. The third-order valence-electron chi connectivity index (χ3n) is 2.49. The second-order valence-corrected chi connectivity index (χ2v) is 4.40. The van der Waals surface area contributed by atoms with Gasteiger partial charge in [0.15, 0.2) is 0 Å². The van der Waals surface area contributed by atoms with Crippen LogP contribution in [0, 0.1) is 6.92 Å². The Balaban J connectivity index is 2.44. The van der Waals surface area contributed by atoms with E-state index in [0.29, 0.717) is 18.0 Å². The van der Waals surface area contributed by atoms with Crippen LogP contribution in [0.15, 0.2) is 18.2 Å². The van der Waals surface area contributed by atoms with E-state index in [1.54, 1.807) is 12.1 Å². The number of carbonyl (C=O) groups excluding carboxylic acids is 1. The van der Waals surface area contributed by atoms with Gasteiger partial charge in [0.25, 0.3) is 5.91 Å². The van der Waals surface area contributed by atoms with Gasteiger partial charge in [0.2, 0.25) is 0 Å². The Morgan fingerprint density at radius 2 is 2.12 bits per heavy atom. The molecule has 0 bridgehead atoms. The molecule has 1 aromatic carbocycles. The summed E-state index contributed by atoms with van der Waals surface area (Å²) in [7, 11) is 0. The number of benzene rings is 1. The van der Waals surface area contributed by atoms with Gasteiger partial charge in [0.1, 0.15) is 5.75 Å². The van der Waals surface area contributed by atoms with E-state index in [9.17, 15) is 9.90 Å². The number of amides is 1. The molecule has 0 fully saturated rings. The van der Waals surface area contributed by atoms with Crippen LogP contribution in [-0.4, -0.2) is 23.4 Å². The quantitative estimate of drug-likeness (QED) is 0.607. The summed E-state index contributed by atoms with van der Waals surface area (Å²) in [6.45, 7) is 2.50. The predicted molar refractivity (Wildman–Crippen MR) is 69.7 cm³/mol. The molecule has 0 saturated heterocycles. The number of phenols is 1. The van der Waals surface area contributed by atoms with Crippen molar-refractivity contribution >= 4 is 17.5 Å². The van der Waals surface area contributed by atoms with Crippen LogP contribution in [0.25, 0.3) is 0 Å². The zero-order chi connectivity index (χ0) is 12.7. The first-order chi connectivity index (χ1) is 8.15. The van der Waals surface area contributed by atoms with Crippen LogP contribution >= 0.6 is 11.6 Å². The third-order valence-corrected chi connectivity index (χ3v) is 2.76. The first-order valence-corrected chi connectivity index (χ1v) is 6.32. The minimum atomic E-state index is -0.225. The summed E-state index contributed by atoms with van der Waals surface area (Å²) in [5.41, 5.74) is 1.29. The minimum Gasteiger partial charge on any atom is -0.507 e. The van der Waals surface area contributed by atoms with Crippen molar-refractivity contribution in [3.8, 4) is 5.75 Å². The minimum absolute atomic E-state index is 0.0221. The molecule has 0 aliphatic heterocycles. The summed E-state index contributed by atoms with van der Waals surface area (Å²) < 4.78 is 0. The first kappa shape index (κ1) is 13.8. The number of hydrogen-bond donors (Lipinski definition) is 2. The van der Waals surface area contributed by atoms with Crippen LogP contribution in [-0.2, 0) is 0 Å². The van der Waals surface area contributed by atoms with Gasteiger partial charge < -0.3 is 10.4 Å². The van der Waals surface area contributed by atoms with Crippen molar-refractivity contribution in [2.45, 2.75) is 26.2 Å². The topological polar surface area (TPSA) is 49.3 Å². The monoisotopic (exact) mass is 255 g/mol. The van der Waals surface area contributed by atoms with Crippen LogP contribution in [0.5, 0.6) is 5.75 Å². The fourth-order valence-electron chi connectivity index (χ4n) is 1.53. The lowest BCUT2D eigenvalue weighted by Gasteiger charge is -2.07. The highest BCUT2D eigenvalue weighted by Gasteiger charge is 2.10. The fourth-order valence-corrected chi connectivity index (χ4v) is 1.71. The largest absolute Gasteiger partial charge is 0.507 e. The molecule has 0 heterocycles. The van der Waals surface area contributed by atoms with Crippen LogP contribution in [0.2, 0.25) is 0 Å². The van der Waals surface area contributed by atoms with Crippen LogP contribution in [0.4, 0.5) is 0 Å². The number of carbonyl (C=O) groups is 1. The number of alkyl halides is 1. The maximum absolute atomic E-state index is 11.8. The van der Waals surface area contributed by atoms with Gasteiger partial charge in [-0.3, -0.25) is 4.79 Å². The smallest absolute Gasteiger partial charge is 0.255 e. The number of rotatable bonds is 6. The van der Waals surface area contributed by atoms with Gasteiger partial charge in [-0.15, -0.1) is 11.6 Å². The normalized spacial score (nSPS) is 10.2. The SMILES string of the molecule is Cc1ccc(O)c(C(=O)NCCCCCCl)c1. The zero-order valence-electron chi connectivity index (χ0n) is 10.0. The highest BCUT2D eigenvalue weighted by atomic mass is 35.5. The molecule has 4 heteroatoms. The van der Waals surface area contributed by atoms with E-state index < -0.39 is 0 Å². The predicted octanol–water partition coefficient (Wildman–Crippen LogP) is 2.84. The molecule has 94 valence electrons. The molecule has 3 nitrogen and oxygen atoms in total. The lowest BCUT2D eigenvalue weighted by atomic mass is 10.1. The fraction of sp³-hybridized carbons (Fsp3) is 0.462. The molecular formula is C13H18ClNO2. The average molecular weight is 256 g/mol. The maximum Gasteiger partial charge on any atom is 0.255 e. The molecule has 0 aliphatic carbocycles. The highest BCUT2D eigenvalue weighted by molar-refractivity contribution is 6.17.